The Labute approximate surface area is 102 Å². The highest BCUT2D eigenvalue weighted by Crippen LogP contribution is 2.26. The first kappa shape index (κ1) is 13.5. The van der Waals surface area contributed by atoms with Crippen LogP contribution in [0.3, 0.4) is 0 Å². The van der Waals surface area contributed by atoms with E-state index in [4.69, 9.17) is 11.6 Å². The highest BCUT2D eigenvalue weighted by Gasteiger charge is 2.30. The molecule has 0 radical (unpaired) electrons. The van der Waals surface area contributed by atoms with E-state index in [-0.39, 0.29) is 24.3 Å². The summed E-state index contributed by atoms with van der Waals surface area (Å²) in [5, 5.41) is 9.24. The van der Waals surface area contributed by atoms with Crippen LogP contribution in [0.15, 0.2) is 12.2 Å². The summed E-state index contributed by atoms with van der Waals surface area (Å²) in [6.07, 6.45) is 6.44. The standard InChI is InChI=1S/C12H20ClNO2/c1-14(8-4-7-13)12(16)11-6-3-2-5-10(11)9-15/h2-3,10-11,15H,4-9H2,1H3. The van der Waals surface area contributed by atoms with Crippen molar-refractivity contribution in [3.05, 3.63) is 12.2 Å². The second-order valence-electron chi connectivity index (χ2n) is 4.29. The smallest absolute Gasteiger partial charge is 0.226 e. The van der Waals surface area contributed by atoms with Crippen LogP contribution in [-0.4, -0.2) is 42.0 Å². The van der Waals surface area contributed by atoms with E-state index in [2.05, 4.69) is 0 Å². The molecule has 2 unspecified atom stereocenters. The first-order chi connectivity index (χ1) is 7.70. The van der Waals surface area contributed by atoms with Gasteiger partial charge in [0.1, 0.15) is 0 Å². The Morgan fingerprint density at radius 2 is 2.19 bits per heavy atom. The highest BCUT2D eigenvalue weighted by atomic mass is 35.5. The SMILES string of the molecule is CN(CCCCl)C(=O)C1CC=CCC1CO. The van der Waals surface area contributed by atoms with Crippen LogP contribution in [0.1, 0.15) is 19.3 Å². The quantitative estimate of drug-likeness (QED) is 0.591. The van der Waals surface area contributed by atoms with Gasteiger partial charge in [-0.25, -0.2) is 0 Å². The molecule has 1 N–H and O–H groups in total. The molecule has 4 heteroatoms. The van der Waals surface area contributed by atoms with Crippen LogP contribution >= 0.6 is 11.6 Å². The van der Waals surface area contributed by atoms with Gasteiger partial charge in [0, 0.05) is 32.0 Å². The minimum Gasteiger partial charge on any atom is -0.396 e. The zero-order chi connectivity index (χ0) is 12.0. The predicted molar refractivity (Wildman–Crippen MR) is 65.4 cm³/mol. The summed E-state index contributed by atoms with van der Waals surface area (Å²) in [5.74, 6) is 0.728. The van der Waals surface area contributed by atoms with Gasteiger partial charge in [0.05, 0.1) is 0 Å². The van der Waals surface area contributed by atoms with Crippen molar-refractivity contribution in [3.8, 4) is 0 Å². The number of amides is 1. The Balaban J connectivity index is 2.53. The van der Waals surface area contributed by atoms with Gasteiger partial charge in [-0.15, -0.1) is 11.6 Å². The molecule has 0 bridgehead atoms. The van der Waals surface area contributed by atoms with Gasteiger partial charge >= 0.3 is 0 Å². The van der Waals surface area contributed by atoms with Gasteiger partial charge in [0.15, 0.2) is 0 Å². The number of alkyl halides is 1. The fraction of sp³-hybridized carbons (Fsp3) is 0.750. The molecule has 3 nitrogen and oxygen atoms in total. The minimum atomic E-state index is -0.0599. The fourth-order valence-electron chi connectivity index (χ4n) is 2.06. The number of halogens is 1. The number of allylic oxidation sites excluding steroid dienone is 2. The van der Waals surface area contributed by atoms with Gasteiger partial charge in [0.25, 0.3) is 0 Å². The molecule has 1 aliphatic rings. The molecule has 92 valence electrons. The molecule has 0 spiro atoms. The van der Waals surface area contributed by atoms with Gasteiger partial charge in [-0.1, -0.05) is 12.2 Å². The lowest BCUT2D eigenvalue weighted by Crippen LogP contribution is -2.39. The van der Waals surface area contributed by atoms with Crippen molar-refractivity contribution >= 4 is 17.5 Å². The van der Waals surface area contributed by atoms with Crippen molar-refractivity contribution in [3.63, 3.8) is 0 Å². The van der Waals surface area contributed by atoms with E-state index in [1.165, 1.54) is 0 Å². The Morgan fingerprint density at radius 1 is 1.50 bits per heavy atom. The molecule has 1 amide bonds. The number of hydrogen-bond donors (Lipinski definition) is 1. The Morgan fingerprint density at radius 3 is 2.81 bits per heavy atom. The van der Waals surface area contributed by atoms with Gasteiger partial charge in [-0.05, 0) is 25.2 Å². The minimum absolute atomic E-state index is 0.0599. The molecule has 0 aromatic rings. The van der Waals surface area contributed by atoms with Crippen molar-refractivity contribution in [1.82, 2.24) is 4.90 Å². The molecule has 1 aliphatic carbocycles. The second-order valence-corrected chi connectivity index (χ2v) is 4.67. The average molecular weight is 246 g/mol. The molecule has 1 rings (SSSR count). The topological polar surface area (TPSA) is 40.5 Å². The first-order valence-corrected chi connectivity index (χ1v) is 6.31. The number of nitrogens with zero attached hydrogens (tertiary/aromatic N) is 1. The Hall–Kier alpha value is -0.540. The molecule has 0 aromatic carbocycles. The third kappa shape index (κ3) is 3.49. The molecule has 0 saturated carbocycles. The maximum absolute atomic E-state index is 12.1. The second kappa shape index (κ2) is 6.92. The van der Waals surface area contributed by atoms with E-state index in [1.54, 1.807) is 4.90 Å². The summed E-state index contributed by atoms with van der Waals surface area (Å²) in [6.45, 7) is 0.783. The summed E-state index contributed by atoms with van der Waals surface area (Å²) in [5.41, 5.74) is 0. The van der Waals surface area contributed by atoms with E-state index in [9.17, 15) is 9.90 Å². The van der Waals surface area contributed by atoms with Crippen molar-refractivity contribution < 1.29 is 9.90 Å². The zero-order valence-electron chi connectivity index (χ0n) is 9.73. The Kier molecular flexibility index (Phi) is 5.85. The van der Waals surface area contributed by atoms with E-state index < -0.39 is 0 Å². The van der Waals surface area contributed by atoms with E-state index in [1.807, 2.05) is 19.2 Å². The number of rotatable bonds is 5. The van der Waals surface area contributed by atoms with Gasteiger partial charge in [0.2, 0.25) is 5.91 Å². The first-order valence-electron chi connectivity index (χ1n) is 5.77. The summed E-state index contributed by atoms with van der Waals surface area (Å²) >= 11 is 5.60. The number of aliphatic hydroxyl groups excluding tert-OH is 1. The number of carbonyl (C=O) groups excluding carboxylic acids is 1. The van der Waals surface area contributed by atoms with Gasteiger partial charge in [-0.2, -0.15) is 0 Å². The molecule has 0 aliphatic heterocycles. The van der Waals surface area contributed by atoms with Gasteiger partial charge in [-0.3, -0.25) is 4.79 Å². The largest absolute Gasteiger partial charge is 0.396 e. The van der Waals surface area contributed by atoms with E-state index in [0.717, 1.165) is 19.3 Å². The van der Waals surface area contributed by atoms with Gasteiger partial charge < -0.3 is 10.0 Å². The Bertz CT molecular complexity index is 255. The average Bonchev–Trinajstić information content (AvgIpc) is 2.34. The molecule has 0 saturated heterocycles. The lowest BCUT2D eigenvalue weighted by atomic mass is 9.82. The fourth-order valence-corrected chi connectivity index (χ4v) is 2.18. The molecular weight excluding hydrogens is 226 g/mol. The highest BCUT2D eigenvalue weighted by molar-refractivity contribution is 6.17. The van der Waals surface area contributed by atoms with Crippen molar-refractivity contribution in [2.24, 2.45) is 11.8 Å². The number of hydrogen-bond acceptors (Lipinski definition) is 2. The lowest BCUT2D eigenvalue weighted by Gasteiger charge is -2.29. The lowest BCUT2D eigenvalue weighted by molar-refractivity contribution is -0.136. The maximum Gasteiger partial charge on any atom is 0.226 e. The van der Waals surface area contributed by atoms with Crippen LogP contribution in [0.5, 0.6) is 0 Å². The predicted octanol–water partition coefficient (Wildman–Crippen LogP) is 1.65. The molecule has 0 aromatic heterocycles. The number of aliphatic hydroxyl groups is 1. The van der Waals surface area contributed by atoms with Crippen LogP contribution in [0.2, 0.25) is 0 Å². The molecule has 16 heavy (non-hydrogen) atoms. The maximum atomic E-state index is 12.1. The van der Waals surface area contributed by atoms with Crippen molar-refractivity contribution in [1.29, 1.82) is 0 Å². The zero-order valence-corrected chi connectivity index (χ0v) is 10.5. The van der Waals surface area contributed by atoms with E-state index >= 15 is 0 Å². The van der Waals surface area contributed by atoms with Crippen LogP contribution in [-0.2, 0) is 4.79 Å². The summed E-state index contributed by atoms with van der Waals surface area (Å²) < 4.78 is 0. The third-order valence-electron chi connectivity index (χ3n) is 3.12. The normalized spacial score (nSPS) is 24.4. The van der Waals surface area contributed by atoms with E-state index in [0.29, 0.717) is 12.4 Å². The molecule has 2 atom stereocenters. The third-order valence-corrected chi connectivity index (χ3v) is 3.39. The monoisotopic (exact) mass is 245 g/mol. The molecular formula is C12H20ClNO2. The molecule has 0 heterocycles. The summed E-state index contributed by atoms with van der Waals surface area (Å²) in [4.78, 5) is 13.8. The number of carbonyl (C=O) groups is 1. The van der Waals surface area contributed by atoms with Crippen molar-refractivity contribution in [2.75, 3.05) is 26.1 Å². The summed E-state index contributed by atoms with van der Waals surface area (Å²) in [6, 6.07) is 0. The van der Waals surface area contributed by atoms with Crippen molar-refractivity contribution in [2.45, 2.75) is 19.3 Å². The van der Waals surface area contributed by atoms with Crippen LogP contribution in [0.25, 0.3) is 0 Å². The van der Waals surface area contributed by atoms with Crippen LogP contribution in [0.4, 0.5) is 0 Å². The summed E-state index contributed by atoms with van der Waals surface area (Å²) in [7, 11) is 1.81. The molecule has 0 fully saturated rings. The van der Waals surface area contributed by atoms with Crippen LogP contribution < -0.4 is 0 Å². The van der Waals surface area contributed by atoms with Crippen LogP contribution in [0, 0.1) is 11.8 Å².